The number of sulfonamides is 1. The lowest BCUT2D eigenvalue weighted by molar-refractivity contribution is 0.0981. The molecule has 1 aliphatic heterocycles. The molecule has 1 aliphatic carbocycles. The Kier molecular flexibility index (Phi) is 8.97. The van der Waals surface area contributed by atoms with Crippen molar-refractivity contribution in [3.05, 3.63) is 64.9 Å². The predicted molar refractivity (Wildman–Crippen MR) is 163 cm³/mol. The van der Waals surface area contributed by atoms with E-state index in [9.17, 15) is 13.2 Å². The van der Waals surface area contributed by atoms with Gasteiger partial charge in [-0.2, -0.15) is 0 Å². The van der Waals surface area contributed by atoms with Gasteiger partial charge in [-0.25, -0.2) is 22.8 Å². The molecular formula is C31H40ClN5O4S. The number of ether oxygens (including phenoxy) is 1. The molecule has 5 rings (SSSR count). The number of carbonyl (C=O) groups excluding carboxylic acids is 1. The summed E-state index contributed by atoms with van der Waals surface area (Å²) in [5.41, 5.74) is 1.65. The fourth-order valence-corrected chi connectivity index (χ4v) is 6.62. The molecule has 3 aromatic rings. The molecule has 2 aliphatic rings. The monoisotopic (exact) mass is 613 g/mol. The third kappa shape index (κ3) is 7.90. The van der Waals surface area contributed by atoms with E-state index < -0.39 is 15.9 Å². The van der Waals surface area contributed by atoms with Crippen LogP contribution in [0, 0.1) is 11.3 Å². The quantitative estimate of drug-likeness (QED) is 0.187. The third-order valence-corrected chi connectivity index (χ3v) is 10.0. The number of amides is 1. The molecule has 9 nitrogen and oxygen atoms in total. The van der Waals surface area contributed by atoms with Gasteiger partial charge in [0.2, 0.25) is 5.88 Å². The molecule has 0 radical (unpaired) electrons. The Bertz CT molecular complexity index is 1520. The molecule has 1 amide bonds. The van der Waals surface area contributed by atoms with Crippen LogP contribution in [0.15, 0.2) is 53.6 Å². The van der Waals surface area contributed by atoms with Gasteiger partial charge in [-0.05, 0) is 106 Å². The maximum atomic E-state index is 12.9. The summed E-state index contributed by atoms with van der Waals surface area (Å²) in [6, 6.07) is 11.4. The third-order valence-electron chi connectivity index (χ3n) is 8.39. The molecule has 1 saturated heterocycles. The SMILES string of the molecule is CC1(CCOc2ccn(-c3ccc(C(=O)NS(=O)(=O)c4ccc(CCCCC5CNC(C)(C)C5)cc4)c(Cl)n3)n2)CC1. The number of halogens is 1. The Morgan fingerprint density at radius 2 is 1.88 bits per heavy atom. The molecule has 226 valence electrons. The highest BCUT2D eigenvalue weighted by atomic mass is 35.5. The van der Waals surface area contributed by atoms with E-state index in [2.05, 4.69) is 40.9 Å². The number of hydrogen-bond acceptors (Lipinski definition) is 7. The zero-order valence-electron chi connectivity index (χ0n) is 24.5. The smallest absolute Gasteiger partial charge is 0.268 e. The van der Waals surface area contributed by atoms with Crippen molar-refractivity contribution in [1.29, 1.82) is 0 Å². The largest absolute Gasteiger partial charge is 0.477 e. The van der Waals surface area contributed by atoms with Crippen LogP contribution in [0.4, 0.5) is 0 Å². The molecule has 0 bridgehead atoms. The highest BCUT2D eigenvalue weighted by molar-refractivity contribution is 7.90. The van der Waals surface area contributed by atoms with Crippen LogP contribution in [0.25, 0.3) is 5.82 Å². The minimum atomic E-state index is -4.09. The average molecular weight is 614 g/mol. The lowest BCUT2D eigenvalue weighted by Gasteiger charge is -2.17. The number of unbranched alkanes of at least 4 members (excludes halogenated alkanes) is 1. The van der Waals surface area contributed by atoms with E-state index in [4.69, 9.17) is 16.3 Å². The number of nitrogens with zero attached hydrogens (tertiary/aromatic N) is 3. The molecule has 3 heterocycles. The molecule has 2 aromatic heterocycles. The molecule has 11 heteroatoms. The topological polar surface area (TPSA) is 115 Å². The van der Waals surface area contributed by atoms with E-state index in [-0.39, 0.29) is 21.2 Å². The predicted octanol–water partition coefficient (Wildman–Crippen LogP) is 5.71. The second-order valence-electron chi connectivity index (χ2n) is 12.7. The van der Waals surface area contributed by atoms with Crippen molar-refractivity contribution in [1.82, 2.24) is 24.8 Å². The van der Waals surface area contributed by atoms with Crippen LogP contribution in [-0.4, -0.2) is 47.8 Å². The molecule has 2 fully saturated rings. The molecule has 1 atom stereocenters. The van der Waals surface area contributed by atoms with Crippen LogP contribution in [-0.2, 0) is 16.4 Å². The van der Waals surface area contributed by atoms with Gasteiger partial charge in [-0.1, -0.05) is 37.1 Å². The number of pyridine rings is 1. The minimum Gasteiger partial charge on any atom is -0.477 e. The Morgan fingerprint density at radius 1 is 1.12 bits per heavy atom. The van der Waals surface area contributed by atoms with Crippen LogP contribution in [0.3, 0.4) is 0 Å². The van der Waals surface area contributed by atoms with Crippen molar-refractivity contribution in [3.63, 3.8) is 0 Å². The molecule has 2 N–H and O–H groups in total. The number of rotatable bonds is 13. The zero-order chi connectivity index (χ0) is 30.0. The van der Waals surface area contributed by atoms with Crippen molar-refractivity contribution >= 4 is 27.5 Å². The summed E-state index contributed by atoms with van der Waals surface area (Å²) in [5.74, 6) is 0.717. The van der Waals surface area contributed by atoms with Crippen LogP contribution < -0.4 is 14.8 Å². The van der Waals surface area contributed by atoms with Crippen molar-refractivity contribution in [2.45, 2.75) is 82.6 Å². The van der Waals surface area contributed by atoms with Crippen molar-refractivity contribution < 1.29 is 17.9 Å². The molecule has 1 unspecified atom stereocenters. The van der Waals surface area contributed by atoms with E-state index >= 15 is 0 Å². The minimum absolute atomic E-state index is 0.0133. The van der Waals surface area contributed by atoms with E-state index in [0.717, 1.165) is 43.7 Å². The molecule has 0 spiro atoms. The second kappa shape index (κ2) is 12.3. The number of carbonyl (C=O) groups is 1. The zero-order valence-corrected chi connectivity index (χ0v) is 26.1. The fraction of sp³-hybridized carbons (Fsp3) is 0.516. The van der Waals surface area contributed by atoms with Crippen molar-refractivity contribution in [3.8, 4) is 11.7 Å². The number of aryl methyl sites for hydroxylation is 1. The van der Waals surface area contributed by atoms with E-state index in [1.165, 1.54) is 48.6 Å². The first-order valence-corrected chi connectivity index (χ1v) is 16.5. The average Bonchev–Trinajstić information content (AvgIpc) is 3.31. The van der Waals surface area contributed by atoms with Gasteiger partial charge >= 0.3 is 0 Å². The standard InChI is InChI=1S/C31H40ClN5O4S/c1-30(2)20-23(21-33-30)7-5-4-6-22-8-10-24(11-9-22)42(39,40)36-29(38)25-12-13-26(34-28(25)32)37-18-14-27(35-37)41-19-17-31(3)15-16-31/h8-14,18,23,33H,4-7,15-17,19-21H2,1-3H3,(H,36,38). The first-order chi connectivity index (χ1) is 19.9. The molecule has 42 heavy (non-hydrogen) atoms. The lowest BCUT2D eigenvalue weighted by atomic mass is 9.92. The number of hydrogen-bond donors (Lipinski definition) is 2. The van der Waals surface area contributed by atoms with Gasteiger partial charge in [-0.15, -0.1) is 5.10 Å². The first kappa shape index (κ1) is 30.5. The normalized spacial score (nSPS) is 19.0. The summed E-state index contributed by atoms with van der Waals surface area (Å²) in [4.78, 5) is 17.1. The Hall–Kier alpha value is -2.95. The van der Waals surface area contributed by atoms with Gasteiger partial charge in [0.25, 0.3) is 15.9 Å². The summed E-state index contributed by atoms with van der Waals surface area (Å²) in [6.45, 7) is 8.42. The van der Waals surface area contributed by atoms with Gasteiger partial charge < -0.3 is 10.1 Å². The first-order valence-electron chi connectivity index (χ1n) is 14.7. The molecule has 1 saturated carbocycles. The molecular weight excluding hydrogens is 574 g/mol. The van der Waals surface area contributed by atoms with Gasteiger partial charge in [0.15, 0.2) is 5.82 Å². The Morgan fingerprint density at radius 3 is 2.55 bits per heavy atom. The van der Waals surface area contributed by atoms with Crippen LogP contribution in [0.5, 0.6) is 5.88 Å². The number of benzene rings is 1. The van der Waals surface area contributed by atoms with Gasteiger partial charge in [0.1, 0.15) is 5.15 Å². The maximum absolute atomic E-state index is 12.9. The summed E-state index contributed by atoms with van der Waals surface area (Å²) >= 11 is 6.29. The van der Waals surface area contributed by atoms with Crippen LogP contribution in [0.1, 0.15) is 81.6 Å². The summed E-state index contributed by atoms with van der Waals surface area (Å²) in [6.07, 6.45) is 10.6. The Labute approximate surface area is 253 Å². The fourth-order valence-electron chi connectivity index (χ4n) is 5.42. The maximum Gasteiger partial charge on any atom is 0.268 e. The second-order valence-corrected chi connectivity index (χ2v) is 14.7. The van der Waals surface area contributed by atoms with Gasteiger partial charge in [0, 0.05) is 17.8 Å². The summed E-state index contributed by atoms with van der Waals surface area (Å²) in [7, 11) is -4.09. The van der Waals surface area contributed by atoms with Crippen LogP contribution in [0.2, 0.25) is 5.15 Å². The highest BCUT2D eigenvalue weighted by Crippen LogP contribution is 2.47. The van der Waals surface area contributed by atoms with E-state index in [1.807, 2.05) is 0 Å². The van der Waals surface area contributed by atoms with E-state index in [0.29, 0.717) is 23.7 Å². The van der Waals surface area contributed by atoms with Crippen molar-refractivity contribution in [2.24, 2.45) is 11.3 Å². The number of aromatic nitrogens is 3. The Balaban J connectivity index is 1.12. The van der Waals surface area contributed by atoms with Gasteiger partial charge in [0.05, 0.1) is 17.1 Å². The lowest BCUT2D eigenvalue weighted by Crippen LogP contribution is -2.31. The summed E-state index contributed by atoms with van der Waals surface area (Å²) in [5, 5.41) is 7.80. The molecule has 1 aromatic carbocycles. The van der Waals surface area contributed by atoms with E-state index in [1.54, 1.807) is 30.5 Å². The highest BCUT2D eigenvalue weighted by Gasteiger charge is 2.36. The van der Waals surface area contributed by atoms with Gasteiger partial charge in [-0.3, -0.25) is 4.79 Å². The summed E-state index contributed by atoms with van der Waals surface area (Å²) < 4.78 is 35.2. The number of nitrogens with one attached hydrogen (secondary N) is 2. The van der Waals surface area contributed by atoms with Crippen molar-refractivity contribution in [2.75, 3.05) is 13.2 Å². The van der Waals surface area contributed by atoms with Crippen LogP contribution >= 0.6 is 11.6 Å².